The molecule has 4 rings (SSSR count). The number of aromatic nitrogens is 3. The first-order valence-electron chi connectivity index (χ1n) is 8.58. The van der Waals surface area contributed by atoms with Crippen LogP contribution in [0.1, 0.15) is 22.6 Å². The Kier molecular flexibility index (Phi) is 3.92. The van der Waals surface area contributed by atoms with Crippen LogP contribution in [-0.4, -0.2) is 9.56 Å². The highest BCUT2D eigenvalue weighted by Gasteiger charge is 2.22. The fraction of sp³-hybridized carbons (Fsp3) is 0.190. The van der Waals surface area contributed by atoms with Crippen molar-refractivity contribution in [2.45, 2.75) is 27.3 Å². The molecule has 0 N–H and O–H groups in total. The van der Waals surface area contributed by atoms with Crippen LogP contribution < -0.4 is 10.1 Å². The molecule has 0 radical (unpaired) electrons. The molecule has 26 heavy (non-hydrogen) atoms. The molecule has 5 nitrogen and oxygen atoms in total. The van der Waals surface area contributed by atoms with Crippen molar-refractivity contribution in [1.29, 1.82) is 0 Å². The van der Waals surface area contributed by atoms with Crippen LogP contribution in [0.15, 0.2) is 64.2 Å². The van der Waals surface area contributed by atoms with Gasteiger partial charge in [-0.2, -0.15) is 4.40 Å². The second-order valence-electron chi connectivity index (χ2n) is 6.53. The minimum Gasteiger partial charge on any atom is -0.361 e. The van der Waals surface area contributed by atoms with Gasteiger partial charge in [0.15, 0.2) is 0 Å². The molecule has 0 fully saturated rings. The van der Waals surface area contributed by atoms with Crippen LogP contribution in [0.2, 0.25) is 0 Å². The lowest BCUT2D eigenvalue weighted by Crippen LogP contribution is -2.41. The highest BCUT2D eigenvalue weighted by Crippen LogP contribution is 2.23. The normalized spacial score (nSPS) is 11.2. The van der Waals surface area contributed by atoms with Gasteiger partial charge in [0.2, 0.25) is 0 Å². The van der Waals surface area contributed by atoms with Crippen molar-refractivity contribution < 1.29 is 9.09 Å². The third kappa shape index (κ3) is 2.62. The summed E-state index contributed by atoms with van der Waals surface area (Å²) < 4.78 is 9.07. The van der Waals surface area contributed by atoms with Crippen molar-refractivity contribution in [3.05, 3.63) is 87.8 Å². The van der Waals surface area contributed by atoms with E-state index in [1.165, 1.54) is 11.1 Å². The van der Waals surface area contributed by atoms with Gasteiger partial charge in [-0.05, 0) is 38.0 Å². The van der Waals surface area contributed by atoms with E-state index in [2.05, 4.69) is 28.8 Å². The largest absolute Gasteiger partial charge is 0.361 e. The van der Waals surface area contributed by atoms with E-state index in [1.54, 1.807) is 10.6 Å². The maximum absolute atomic E-state index is 13.1. The topological polar surface area (TPSA) is 51.4 Å². The van der Waals surface area contributed by atoms with Crippen molar-refractivity contribution >= 4 is 5.65 Å². The van der Waals surface area contributed by atoms with Gasteiger partial charge in [-0.3, -0.25) is 0 Å². The molecule has 0 aliphatic rings. The number of hydrogen-bond acceptors (Lipinski definition) is 3. The molecule has 0 saturated carbocycles. The third-order valence-electron chi connectivity index (χ3n) is 4.77. The molecule has 0 spiro atoms. The SMILES string of the molecule is Cc1ccccc1C[n+]1cc(-c2c(C)noc2C)c(=O)n2ccccc21. The number of nitrogens with zero attached hydrogens (tertiary/aromatic N) is 3. The van der Waals surface area contributed by atoms with E-state index < -0.39 is 0 Å². The van der Waals surface area contributed by atoms with E-state index in [4.69, 9.17) is 4.52 Å². The zero-order valence-electron chi connectivity index (χ0n) is 15.1. The molecule has 0 aliphatic carbocycles. The Labute approximate surface area is 151 Å². The van der Waals surface area contributed by atoms with Crippen LogP contribution in [0.4, 0.5) is 0 Å². The Hall–Kier alpha value is -3.21. The minimum absolute atomic E-state index is 0.0731. The quantitative estimate of drug-likeness (QED) is 0.535. The predicted octanol–water partition coefficient (Wildman–Crippen LogP) is 3.22. The lowest BCUT2D eigenvalue weighted by Gasteiger charge is -2.09. The maximum atomic E-state index is 13.1. The number of benzene rings is 1. The molecule has 4 aromatic rings. The van der Waals surface area contributed by atoms with Gasteiger partial charge in [-0.25, -0.2) is 9.36 Å². The lowest BCUT2D eigenvalue weighted by atomic mass is 10.1. The average Bonchev–Trinajstić information content (AvgIpc) is 2.98. The lowest BCUT2D eigenvalue weighted by molar-refractivity contribution is -0.665. The minimum atomic E-state index is -0.0731. The molecule has 0 unspecified atom stereocenters. The monoisotopic (exact) mass is 346 g/mol. The van der Waals surface area contributed by atoms with E-state index in [9.17, 15) is 4.79 Å². The second-order valence-corrected chi connectivity index (χ2v) is 6.53. The molecule has 3 heterocycles. The first kappa shape index (κ1) is 16.3. The van der Waals surface area contributed by atoms with Crippen LogP contribution in [0.25, 0.3) is 16.8 Å². The number of rotatable bonds is 3. The Balaban J connectivity index is 2.00. The van der Waals surface area contributed by atoms with Gasteiger partial charge in [0.05, 0.1) is 17.5 Å². The predicted molar refractivity (Wildman–Crippen MR) is 99.1 cm³/mol. The van der Waals surface area contributed by atoms with E-state index in [1.807, 2.05) is 50.4 Å². The molecule has 1 aromatic carbocycles. The van der Waals surface area contributed by atoms with Gasteiger partial charge >= 0.3 is 5.56 Å². The summed E-state index contributed by atoms with van der Waals surface area (Å²) in [6.45, 7) is 6.47. The highest BCUT2D eigenvalue weighted by atomic mass is 16.5. The van der Waals surface area contributed by atoms with E-state index in [0.29, 0.717) is 17.9 Å². The third-order valence-corrected chi connectivity index (χ3v) is 4.77. The van der Waals surface area contributed by atoms with Crippen LogP contribution in [0.3, 0.4) is 0 Å². The summed E-state index contributed by atoms with van der Waals surface area (Å²) in [5.74, 6) is 0.651. The molecular formula is C21H20N3O2+. The van der Waals surface area contributed by atoms with Gasteiger partial charge in [-0.1, -0.05) is 35.5 Å². The first-order valence-corrected chi connectivity index (χ1v) is 8.58. The van der Waals surface area contributed by atoms with Gasteiger partial charge in [0.25, 0.3) is 5.65 Å². The van der Waals surface area contributed by atoms with Gasteiger partial charge in [-0.15, -0.1) is 0 Å². The average molecular weight is 346 g/mol. The summed E-state index contributed by atoms with van der Waals surface area (Å²) >= 11 is 0. The smallest absolute Gasteiger partial charge is 0.350 e. The van der Waals surface area contributed by atoms with Crippen LogP contribution >= 0.6 is 0 Å². The van der Waals surface area contributed by atoms with Crippen molar-refractivity contribution in [2.75, 3.05) is 0 Å². The zero-order chi connectivity index (χ0) is 18.3. The molecule has 0 atom stereocenters. The van der Waals surface area contributed by atoms with Crippen molar-refractivity contribution in [3.63, 3.8) is 0 Å². The molecule has 0 amide bonds. The fourth-order valence-corrected chi connectivity index (χ4v) is 3.38. The summed E-state index contributed by atoms with van der Waals surface area (Å²) in [6, 6.07) is 14.0. The number of fused-ring (bicyclic) bond motifs is 1. The summed E-state index contributed by atoms with van der Waals surface area (Å²) in [6.07, 6.45) is 3.71. The standard InChI is InChI=1S/C21H20N3O2/c1-14-8-4-5-9-17(14)12-23-13-18(20-15(2)22-26-16(20)3)21(25)24-11-7-6-10-19(23)24/h4-11,13H,12H2,1-3H3/q+1. The van der Waals surface area contributed by atoms with E-state index >= 15 is 0 Å². The first-order chi connectivity index (χ1) is 12.6. The molecule has 3 aromatic heterocycles. The number of hydrogen-bond donors (Lipinski definition) is 0. The van der Waals surface area contributed by atoms with Crippen molar-refractivity contribution in [1.82, 2.24) is 9.56 Å². The van der Waals surface area contributed by atoms with Gasteiger partial charge < -0.3 is 4.52 Å². The van der Waals surface area contributed by atoms with Gasteiger partial charge in [0.1, 0.15) is 24.1 Å². The zero-order valence-corrected chi connectivity index (χ0v) is 15.1. The molecule has 0 aliphatic heterocycles. The molecule has 0 saturated heterocycles. The van der Waals surface area contributed by atoms with E-state index in [0.717, 1.165) is 16.9 Å². The van der Waals surface area contributed by atoms with Gasteiger partial charge in [0, 0.05) is 6.07 Å². The molecular weight excluding hydrogens is 326 g/mol. The Morgan fingerprint density at radius 3 is 2.58 bits per heavy atom. The molecule has 0 bridgehead atoms. The maximum Gasteiger partial charge on any atom is 0.350 e. The fourth-order valence-electron chi connectivity index (χ4n) is 3.38. The summed E-state index contributed by atoms with van der Waals surface area (Å²) in [7, 11) is 0. The Bertz CT molecular complexity index is 1150. The van der Waals surface area contributed by atoms with Crippen LogP contribution in [0.5, 0.6) is 0 Å². The molecule has 5 heteroatoms. The highest BCUT2D eigenvalue weighted by molar-refractivity contribution is 5.66. The Morgan fingerprint density at radius 2 is 1.85 bits per heavy atom. The molecule has 130 valence electrons. The van der Waals surface area contributed by atoms with Crippen molar-refractivity contribution in [2.24, 2.45) is 0 Å². The second kappa shape index (κ2) is 6.26. The van der Waals surface area contributed by atoms with Crippen LogP contribution in [-0.2, 0) is 6.54 Å². The Morgan fingerprint density at radius 1 is 1.08 bits per heavy atom. The van der Waals surface area contributed by atoms with Crippen LogP contribution in [0, 0.1) is 20.8 Å². The summed E-state index contributed by atoms with van der Waals surface area (Å²) in [5.41, 5.74) is 5.29. The number of pyridine rings is 1. The summed E-state index contributed by atoms with van der Waals surface area (Å²) in [5, 5.41) is 4.01. The number of aryl methyl sites for hydroxylation is 3. The van der Waals surface area contributed by atoms with Crippen molar-refractivity contribution in [3.8, 4) is 11.1 Å². The summed E-state index contributed by atoms with van der Waals surface area (Å²) in [4.78, 5) is 13.1. The van der Waals surface area contributed by atoms with E-state index in [-0.39, 0.29) is 5.56 Å².